The van der Waals surface area contributed by atoms with E-state index >= 15 is 0 Å². The number of alkyl halides is 3. The molecule has 1 N–H and O–H groups in total. The highest BCUT2D eigenvalue weighted by Gasteiger charge is 2.48. The number of nitrogens with zero attached hydrogens (tertiary/aromatic N) is 2. The lowest BCUT2D eigenvalue weighted by Gasteiger charge is -2.37. The number of rotatable bonds is 3. The molecule has 4 heterocycles. The fourth-order valence-electron chi connectivity index (χ4n) is 4.11. The van der Waals surface area contributed by atoms with Crippen molar-refractivity contribution in [3.8, 4) is 0 Å². The quantitative estimate of drug-likeness (QED) is 0.759. The lowest BCUT2D eigenvalue weighted by molar-refractivity contribution is -0.192. The third-order valence-electron chi connectivity index (χ3n) is 5.48. The third kappa shape index (κ3) is 5.71. The van der Waals surface area contributed by atoms with E-state index in [-0.39, 0.29) is 18.1 Å². The molecule has 0 unspecified atom stereocenters. The van der Waals surface area contributed by atoms with E-state index in [1.165, 1.54) is 0 Å². The molecule has 3 saturated heterocycles. The maximum atomic E-state index is 12.8. The summed E-state index contributed by atoms with van der Waals surface area (Å²) < 4.78 is 43.3. The lowest BCUT2D eigenvalue weighted by atomic mass is 9.99. The van der Waals surface area contributed by atoms with Gasteiger partial charge < -0.3 is 19.5 Å². The van der Waals surface area contributed by atoms with Gasteiger partial charge in [0.25, 0.3) is 0 Å². The second-order valence-corrected chi connectivity index (χ2v) is 8.40. The Morgan fingerprint density at radius 1 is 1.20 bits per heavy atom. The molecule has 0 radical (unpaired) electrons. The predicted octanol–water partition coefficient (Wildman–Crippen LogP) is 2.01. The zero-order chi connectivity index (χ0) is 21.7. The first-order valence-electron chi connectivity index (χ1n) is 9.82. The van der Waals surface area contributed by atoms with Crippen molar-refractivity contribution in [2.45, 2.75) is 43.6 Å². The van der Waals surface area contributed by atoms with Crippen molar-refractivity contribution in [1.82, 2.24) is 9.80 Å². The predicted molar refractivity (Wildman–Crippen MR) is 102 cm³/mol. The fraction of sp³-hybridized carbons (Fsp3) is 0.684. The summed E-state index contributed by atoms with van der Waals surface area (Å²) in [4.78, 5) is 27.4. The number of aliphatic carboxylic acids is 1. The molecule has 3 aliphatic rings. The van der Waals surface area contributed by atoms with E-state index in [0.717, 1.165) is 57.2 Å². The first-order chi connectivity index (χ1) is 14.3. The van der Waals surface area contributed by atoms with Gasteiger partial charge in [0.15, 0.2) is 0 Å². The number of likely N-dealkylation sites (tertiary alicyclic amines) is 1. The Morgan fingerprint density at radius 2 is 1.90 bits per heavy atom. The summed E-state index contributed by atoms with van der Waals surface area (Å²) >= 11 is 1.66. The maximum Gasteiger partial charge on any atom is 0.490 e. The van der Waals surface area contributed by atoms with Gasteiger partial charge >= 0.3 is 12.1 Å². The molecule has 1 amide bonds. The molecule has 0 spiro atoms. The van der Waals surface area contributed by atoms with E-state index in [1.54, 1.807) is 11.3 Å². The van der Waals surface area contributed by atoms with Gasteiger partial charge in [0.2, 0.25) is 5.91 Å². The molecule has 3 fully saturated rings. The van der Waals surface area contributed by atoms with Gasteiger partial charge in [-0.05, 0) is 24.3 Å². The topological polar surface area (TPSA) is 79.3 Å². The molecule has 30 heavy (non-hydrogen) atoms. The number of carboxylic acid groups (broad SMARTS) is 1. The van der Waals surface area contributed by atoms with Crippen LogP contribution in [-0.2, 0) is 25.5 Å². The van der Waals surface area contributed by atoms with Crippen LogP contribution in [0.2, 0.25) is 0 Å². The number of carbonyl (C=O) groups excluding carboxylic acids is 1. The summed E-state index contributed by atoms with van der Waals surface area (Å²) in [6.45, 7) is 5.11. The van der Waals surface area contributed by atoms with Crippen LogP contribution in [0.4, 0.5) is 13.2 Å². The van der Waals surface area contributed by atoms with Gasteiger partial charge in [0.1, 0.15) is 0 Å². The summed E-state index contributed by atoms with van der Waals surface area (Å²) in [6.07, 6.45) is -2.26. The number of carbonyl (C=O) groups is 2. The van der Waals surface area contributed by atoms with Crippen LogP contribution in [0, 0.1) is 0 Å². The summed E-state index contributed by atoms with van der Waals surface area (Å²) in [5, 5.41) is 9.16. The average molecular weight is 450 g/mol. The van der Waals surface area contributed by atoms with Gasteiger partial charge in [-0.25, -0.2) is 4.79 Å². The number of hydrogen-bond acceptors (Lipinski definition) is 6. The highest BCUT2D eigenvalue weighted by molar-refractivity contribution is 7.10. The van der Waals surface area contributed by atoms with Crippen molar-refractivity contribution in [3.63, 3.8) is 0 Å². The van der Waals surface area contributed by atoms with Crippen molar-refractivity contribution < 1.29 is 37.3 Å². The number of hydrogen-bond donors (Lipinski definition) is 1. The number of fused-ring (bicyclic) bond motifs is 1. The average Bonchev–Trinajstić information content (AvgIpc) is 3.36. The minimum Gasteiger partial charge on any atom is -0.475 e. The molecule has 3 atom stereocenters. The number of thiophene rings is 1. The first kappa shape index (κ1) is 23.0. The molecule has 168 valence electrons. The molecule has 0 aliphatic carbocycles. The summed E-state index contributed by atoms with van der Waals surface area (Å²) in [5.74, 6) is -2.50. The number of morpholine rings is 1. The normalized spacial score (nSPS) is 27.2. The van der Waals surface area contributed by atoms with Crippen molar-refractivity contribution in [3.05, 3.63) is 22.4 Å². The monoisotopic (exact) mass is 450 g/mol. The highest BCUT2D eigenvalue weighted by Crippen LogP contribution is 2.32. The van der Waals surface area contributed by atoms with E-state index < -0.39 is 12.1 Å². The van der Waals surface area contributed by atoms with Crippen LogP contribution in [0.5, 0.6) is 0 Å². The van der Waals surface area contributed by atoms with E-state index in [2.05, 4.69) is 9.80 Å². The van der Waals surface area contributed by atoms with Crippen molar-refractivity contribution in [1.29, 1.82) is 0 Å². The molecular weight excluding hydrogens is 425 g/mol. The second kappa shape index (κ2) is 10.1. The second-order valence-electron chi connectivity index (χ2n) is 7.37. The van der Waals surface area contributed by atoms with Gasteiger partial charge in [-0.15, -0.1) is 11.3 Å². The van der Waals surface area contributed by atoms with Gasteiger partial charge in [-0.1, -0.05) is 6.07 Å². The van der Waals surface area contributed by atoms with Crippen LogP contribution < -0.4 is 0 Å². The van der Waals surface area contributed by atoms with Crippen molar-refractivity contribution in [2.75, 3.05) is 39.5 Å². The van der Waals surface area contributed by atoms with Crippen LogP contribution in [-0.4, -0.2) is 90.6 Å². The van der Waals surface area contributed by atoms with Crippen LogP contribution in [0.1, 0.15) is 17.7 Å². The van der Waals surface area contributed by atoms with Crippen LogP contribution in [0.15, 0.2) is 17.5 Å². The smallest absolute Gasteiger partial charge is 0.475 e. The largest absolute Gasteiger partial charge is 0.490 e. The molecule has 0 saturated carbocycles. The van der Waals surface area contributed by atoms with E-state index in [9.17, 15) is 18.0 Å². The van der Waals surface area contributed by atoms with E-state index in [4.69, 9.17) is 19.4 Å². The Morgan fingerprint density at radius 3 is 2.50 bits per heavy atom. The maximum absolute atomic E-state index is 12.8. The van der Waals surface area contributed by atoms with E-state index in [1.807, 2.05) is 17.5 Å². The van der Waals surface area contributed by atoms with Crippen LogP contribution in [0.25, 0.3) is 0 Å². The summed E-state index contributed by atoms with van der Waals surface area (Å²) in [5.41, 5.74) is 0. The molecule has 1 aromatic heterocycles. The van der Waals surface area contributed by atoms with Crippen molar-refractivity contribution in [2.24, 2.45) is 0 Å². The fourth-order valence-corrected chi connectivity index (χ4v) is 4.81. The van der Waals surface area contributed by atoms with Gasteiger partial charge in [-0.2, -0.15) is 13.2 Å². The number of carboxylic acids is 1. The zero-order valence-electron chi connectivity index (χ0n) is 16.3. The van der Waals surface area contributed by atoms with Gasteiger partial charge in [0.05, 0.1) is 37.8 Å². The molecule has 11 heteroatoms. The summed E-state index contributed by atoms with van der Waals surface area (Å²) in [6, 6.07) is 4.65. The summed E-state index contributed by atoms with van der Waals surface area (Å²) in [7, 11) is 0. The molecule has 1 aromatic rings. The van der Waals surface area contributed by atoms with Crippen LogP contribution >= 0.6 is 11.3 Å². The lowest BCUT2D eigenvalue weighted by Crippen LogP contribution is -2.51. The third-order valence-corrected chi connectivity index (χ3v) is 6.36. The van der Waals surface area contributed by atoms with Crippen molar-refractivity contribution >= 4 is 23.2 Å². The highest BCUT2D eigenvalue weighted by atomic mass is 32.1. The molecular formula is C19H25F3N2O5S. The number of amides is 1. The van der Waals surface area contributed by atoms with Gasteiger partial charge in [-0.3, -0.25) is 9.69 Å². The molecule has 0 bridgehead atoms. The number of ether oxygens (including phenoxy) is 2. The first-order valence-corrected chi connectivity index (χ1v) is 10.7. The zero-order valence-corrected chi connectivity index (χ0v) is 17.2. The number of halogens is 3. The Balaban J connectivity index is 0.000000318. The Kier molecular flexibility index (Phi) is 7.72. The Labute approximate surface area is 176 Å². The SMILES string of the molecule is O=C(Cc1cccs1)N1C[C@H](N2CCOCC2)[C@@H]2OCCC[C@@H]21.O=C(O)C(F)(F)F. The van der Waals surface area contributed by atoms with Gasteiger partial charge in [0, 0.05) is 31.1 Å². The molecule has 0 aromatic carbocycles. The molecule has 3 aliphatic heterocycles. The molecule has 4 rings (SSSR count). The minimum absolute atomic E-state index is 0.175. The van der Waals surface area contributed by atoms with E-state index in [0.29, 0.717) is 12.5 Å². The standard InChI is InChI=1S/C17H24N2O3S.C2HF3O2/c20-16(11-13-3-2-10-23-13)19-12-15(18-5-8-21-9-6-18)17-14(19)4-1-7-22-17;3-2(4,5)1(6)7/h2-3,10,14-15,17H,1,4-9,11-12H2;(H,6,7)/t14-,15-,17+;/m0./s1. The molecule has 7 nitrogen and oxygen atoms in total. The Hall–Kier alpha value is -1.69. The van der Waals surface area contributed by atoms with Crippen LogP contribution in [0.3, 0.4) is 0 Å². The minimum atomic E-state index is -5.08. The Bertz CT molecular complexity index is 710.